The zero-order valence-electron chi connectivity index (χ0n) is 9.67. The van der Waals surface area contributed by atoms with Crippen molar-refractivity contribution in [3.05, 3.63) is 54.1 Å². The first-order valence-corrected chi connectivity index (χ1v) is 5.49. The van der Waals surface area contributed by atoms with Gasteiger partial charge in [-0.05, 0) is 42.0 Å². The highest BCUT2D eigenvalue weighted by molar-refractivity contribution is 5.71. The third kappa shape index (κ3) is 3.25. The van der Waals surface area contributed by atoms with Gasteiger partial charge in [-0.15, -0.1) is 0 Å². The predicted octanol–water partition coefficient (Wildman–Crippen LogP) is 2.54. The molecule has 0 heterocycles. The Morgan fingerprint density at radius 1 is 1.17 bits per heavy atom. The molecule has 4 heteroatoms. The van der Waals surface area contributed by atoms with Crippen molar-refractivity contribution in [3.8, 4) is 11.5 Å². The van der Waals surface area contributed by atoms with E-state index in [2.05, 4.69) is 5.32 Å². The van der Waals surface area contributed by atoms with Crippen LogP contribution in [0.4, 0.5) is 5.69 Å². The van der Waals surface area contributed by atoms with Gasteiger partial charge >= 0.3 is 0 Å². The van der Waals surface area contributed by atoms with Crippen LogP contribution in [0.2, 0.25) is 0 Å². The summed E-state index contributed by atoms with van der Waals surface area (Å²) < 4.78 is 5.55. The van der Waals surface area contributed by atoms with Crippen LogP contribution >= 0.6 is 0 Å². The highest BCUT2D eigenvalue weighted by Gasteiger charge is 1.98. The Morgan fingerprint density at radius 3 is 2.67 bits per heavy atom. The number of rotatable bonds is 5. The van der Waals surface area contributed by atoms with Crippen molar-refractivity contribution in [3.63, 3.8) is 0 Å². The standard InChI is InChI=1S/C14H13NO3/c16-10-15-12-3-1-2-11(8-12)9-18-14-6-4-13(17)5-7-14/h1-8,10,17H,9H2,(H,15,16). The molecule has 2 aromatic rings. The first-order chi connectivity index (χ1) is 8.78. The summed E-state index contributed by atoms with van der Waals surface area (Å²) in [7, 11) is 0. The van der Waals surface area contributed by atoms with Crippen LogP contribution in [0.5, 0.6) is 11.5 Å². The van der Waals surface area contributed by atoms with E-state index in [-0.39, 0.29) is 5.75 Å². The molecular formula is C14H13NO3. The second-order valence-electron chi connectivity index (χ2n) is 3.75. The Morgan fingerprint density at radius 2 is 1.94 bits per heavy atom. The number of phenols is 1. The quantitative estimate of drug-likeness (QED) is 0.793. The lowest BCUT2D eigenvalue weighted by atomic mass is 10.2. The smallest absolute Gasteiger partial charge is 0.211 e. The van der Waals surface area contributed by atoms with Gasteiger partial charge in [0.2, 0.25) is 6.41 Å². The van der Waals surface area contributed by atoms with Gasteiger partial charge in [0.25, 0.3) is 0 Å². The van der Waals surface area contributed by atoms with Crippen molar-refractivity contribution in [2.24, 2.45) is 0 Å². The Bertz CT molecular complexity index is 523. The molecule has 2 rings (SSSR count). The van der Waals surface area contributed by atoms with E-state index >= 15 is 0 Å². The van der Waals surface area contributed by atoms with Crippen LogP contribution in [-0.4, -0.2) is 11.5 Å². The van der Waals surface area contributed by atoms with Crippen molar-refractivity contribution >= 4 is 12.1 Å². The van der Waals surface area contributed by atoms with Gasteiger partial charge in [0.1, 0.15) is 18.1 Å². The van der Waals surface area contributed by atoms with Crippen LogP contribution in [0.25, 0.3) is 0 Å². The summed E-state index contributed by atoms with van der Waals surface area (Å²) in [6.07, 6.45) is 0.639. The van der Waals surface area contributed by atoms with Crippen molar-refractivity contribution in [1.29, 1.82) is 0 Å². The average molecular weight is 243 g/mol. The van der Waals surface area contributed by atoms with Crippen molar-refractivity contribution in [2.45, 2.75) is 6.61 Å². The summed E-state index contributed by atoms with van der Waals surface area (Å²) in [5.74, 6) is 0.890. The zero-order chi connectivity index (χ0) is 12.8. The molecule has 0 aromatic heterocycles. The molecule has 2 aromatic carbocycles. The fraction of sp³-hybridized carbons (Fsp3) is 0.0714. The normalized spacial score (nSPS) is 9.78. The maximum atomic E-state index is 10.3. The summed E-state index contributed by atoms with van der Waals surface area (Å²) in [4.78, 5) is 10.3. The molecule has 0 atom stereocenters. The zero-order valence-corrected chi connectivity index (χ0v) is 9.67. The summed E-state index contributed by atoms with van der Waals surface area (Å²) in [5, 5.41) is 11.7. The number of hydrogen-bond donors (Lipinski definition) is 2. The number of aromatic hydroxyl groups is 1. The van der Waals surface area contributed by atoms with E-state index in [9.17, 15) is 4.79 Å². The van der Waals surface area contributed by atoms with Crippen LogP contribution < -0.4 is 10.1 Å². The van der Waals surface area contributed by atoms with Crippen LogP contribution in [0.15, 0.2) is 48.5 Å². The number of carbonyl (C=O) groups excluding carboxylic acids is 1. The molecule has 0 aliphatic carbocycles. The van der Waals surface area contributed by atoms with E-state index in [1.54, 1.807) is 30.3 Å². The third-order valence-electron chi connectivity index (χ3n) is 2.39. The molecule has 0 aliphatic rings. The molecule has 0 saturated heterocycles. The number of phenolic OH excluding ortho intramolecular Hbond substituents is 1. The van der Waals surface area contributed by atoms with E-state index in [1.165, 1.54) is 0 Å². The van der Waals surface area contributed by atoms with E-state index < -0.39 is 0 Å². The number of nitrogens with one attached hydrogen (secondary N) is 1. The monoisotopic (exact) mass is 243 g/mol. The lowest BCUT2D eigenvalue weighted by Gasteiger charge is -2.07. The highest BCUT2D eigenvalue weighted by atomic mass is 16.5. The van der Waals surface area contributed by atoms with Crippen molar-refractivity contribution in [1.82, 2.24) is 0 Å². The summed E-state index contributed by atoms with van der Waals surface area (Å²) in [6, 6.07) is 13.9. The number of ether oxygens (including phenoxy) is 1. The number of hydrogen-bond acceptors (Lipinski definition) is 3. The lowest BCUT2D eigenvalue weighted by molar-refractivity contribution is -0.105. The summed E-state index contributed by atoms with van der Waals surface area (Å²) in [5.41, 5.74) is 1.69. The van der Waals surface area contributed by atoms with Gasteiger partial charge in [0, 0.05) is 5.69 Å². The SMILES string of the molecule is O=CNc1cccc(COc2ccc(O)cc2)c1. The first kappa shape index (κ1) is 12.0. The van der Waals surface area contributed by atoms with E-state index in [1.807, 2.05) is 18.2 Å². The van der Waals surface area contributed by atoms with E-state index in [0.29, 0.717) is 18.8 Å². The second-order valence-corrected chi connectivity index (χ2v) is 3.75. The number of anilines is 1. The molecule has 0 fully saturated rings. The predicted molar refractivity (Wildman–Crippen MR) is 68.6 cm³/mol. The molecule has 0 bridgehead atoms. The first-order valence-electron chi connectivity index (χ1n) is 5.49. The van der Waals surface area contributed by atoms with Gasteiger partial charge in [-0.25, -0.2) is 0 Å². The number of amides is 1. The number of carbonyl (C=O) groups is 1. The maximum absolute atomic E-state index is 10.3. The highest BCUT2D eigenvalue weighted by Crippen LogP contribution is 2.18. The fourth-order valence-corrected chi connectivity index (χ4v) is 1.53. The molecule has 0 radical (unpaired) electrons. The second kappa shape index (κ2) is 5.72. The van der Waals surface area contributed by atoms with Gasteiger partial charge in [0.15, 0.2) is 0 Å². The molecule has 2 N–H and O–H groups in total. The van der Waals surface area contributed by atoms with Gasteiger partial charge in [0.05, 0.1) is 0 Å². The molecule has 0 unspecified atom stereocenters. The minimum absolute atomic E-state index is 0.208. The minimum atomic E-state index is 0.208. The van der Waals surface area contributed by atoms with Crippen LogP contribution in [0.1, 0.15) is 5.56 Å². The summed E-state index contributed by atoms with van der Waals surface area (Å²) in [6.45, 7) is 0.402. The van der Waals surface area contributed by atoms with Crippen LogP contribution in [0, 0.1) is 0 Å². The molecule has 92 valence electrons. The third-order valence-corrected chi connectivity index (χ3v) is 2.39. The van der Waals surface area contributed by atoms with Crippen molar-refractivity contribution < 1.29 is 14.6 Å². The van der Waals surface area contributed by atoms with Crippen molar-refractivity contribution in [2.75, 3.05) is 5.32 Å². The Hall–Kier alpha value is -2.49. The van der Waals surface area contributed by atoms with Gasteiger partial charge in [-0.2, -0.15) is 0 Å². The van der Waals surface area contributed by atoms with E-state index in [0.717, 1.165) is 11.3 Å². The maximum Gasteiger partial charge on any atom is 0.211 e. The molecule has 1 amide bonds. The largest absolute Gasteiger partial charge is 0.508 e. The Labute approximate surface area is 105 Å². The average Bonchev–Trinajstić information content (AvgIpc) is 2.39. The Kier molecular flexibility index (Phi) is 3.81. The lowest BCUT2D eigenvalue weighted by Crippen LogP contribution is -1.98. The van der Waals surface area contributed by atoms with E-state index in [4.69, 9.17) is 9.84 Å². The van der Waals surface area contributed by atoms with Crippen LogP contribution in [0.3, 0.4) is 0 Å². The fourth-order valence-electron chi connectivity index (χ4n) is 1.53. The topological polar surface area (TPSA) is 58.6 Å². The molecule has 18 heavy (non-hydrogen) atoms. The summed E-state index contributed by atoms with van der Waals surface area (Å²) >= 11 is 0. The van der Waals surface area contributed by atoms with Crippen LogP contribution in [-0.2, 0) is 11.4 Å². The molecule has 0 spiro atoms. The molecule has 0 aliphatic heterocycles. The van der Waals surface area contributed by atoms with Gasteiger partial charge < -0.3 is 15.2 Å². The molecule has 0 saturated carbocycles. The number of benzene rings is 2. The van der Waals surface area contributed by atoms with Gasteiger partial charge in [-0.1, -0.05) is 12.1 Å². The molecule has 4 nitrogen and oxygen atoms in total. The molecular weight excluding hydrogens is 230 g/mol. The van der Waals surface area contributed by atoms with Gasteiger partial charge in [-0.3, -0.25) is 4.79 Å². The Balaban J connectivity index is 1.99. The minimum Gasteiger partial charge on any atom is -0.508 e.